The van der Waals surface area contributed by atoms with Crippen LogP contribution in [-0.4, -0.2) is 34.6 Å². The van der Waals surface area contributed by atoms with Crippen molar-refractivity contribution >= 4 is 45.5 Å². The van der Waals surface area contributed by atoms with E-state index in [1.54, 1.807) is 0 Å². The van der Waals surface area contributed by atoms with E-state index in [1.807, 2.05) is 0 Å². The zero-order chi connectivity index (χ0) is 4.50. The molecule has 0 aromatic carbocycles. The van der Waals surface area contributed by atoms with Gasteiger partial charge in [-0.15, -0.1) is 0 Å². The smallest absolute Gasteiger partial charge is 0.160 e. The second-order valence-corrected chi connectivity index (χ2v) is 1.33. The van der Waals surface area contributed by atoms with Crippen LogP contribution in [0.1, 0.15) is 0 Å². The van der Waals surface area contributed by atoms with E-state index in [0.717, 1.165) is 0 Å². The number of alkyl halides is 4. The second kappa shape index (κ2) is 3.29. The molecule has 0 unspecified atom stereocenters. The standard InChI is InChI=1S/CBrF3.Na/c2-1(3,4)5;. The summed E-state index contributed by atoms with van der Waals surface area (Å²) >= 11 is 1.38. The van der Waals surface area contributed by atoms with Crippen molar-refractivity contribution in [2.24, 2.45) is 0 Å². The first kappa shape index (κ1) is 10.3. The van der Waals surface area contributed by atoms with Gasteiger partial charge in [0.05, 0.1) is 0 Å². The molecule has 0 spiro atoms. The molecule has 0 aromatic rings. The number of halogens is 4. The number of hydrogen-bond acceptors (Lipinski definition) is 0. The summed E-state index contributed by atoms with van der Waals surface area (Å²) in [6, 6.07) is 0. The Morgan fingerprint density at radius 1 is 1.17 bits per heavy atom. The molecular weight excluding hydrogens is 172 g/mol. The average Bonchev–Trinajstić information content (AvgIpc) is 0.722. The fraction of sp³-hybridized carbons (Fsp3) is 1.00. The molecule has 0 fully saturated rings. The van der Waals surface area contributed by atoms with Gasteiger partial charge in [0, 0.05) is 45.5 Å². The van der Waals surface area contributed by atoms with Gasteiger partial charge in [0.15, 0.2) is 0 Å². The Hall–Kier alpha value is 1.27. The van der Waals surface area contributed by atoms with Crippen molar-refractivity contribution in [2.75, 3.05) is 0 Å². The molecule has 0 heterocycles. The molecule has 0 aliphatic rings. The summed E-state index contributed by atoms with van der Waals surface area (Å²) in [5.74, 6) is 0. The van der Waals surface area contributed by atoms with Crippen LogP contribution in [0.5, 0.6) is 0 Å². The molecule has 0 aliphatic heterocycles. The molecule has 0 bridgehead atoms. The molecule has 0 rings (SSSR count). The zero-order valence-corrected chi connectivity index (χ0v) is 6.60. The number of hydrogen-bond donors (Lipinski definition) is 0. The van der Waals surface area contributed by atoms with E-state index in [0.29, 0.717) is 0 Å². The van der Waals surface area contributed by atoms with Crippen molar-refractivity contribution in [3.8, 4) is 0 Å². The predicted octanol–water partition coefficient (Wildman–Crippen LogP) is 1.52. The maximum absolute atomic E-state index is 10.3. The summed E-state index contributed by atoms with van der Waals surface area (Å²) < 4.78 is 30.8. The van der Waals surface area contributed by atoms with Gasteiger partial charge < -0.3 is 0 Å². The molecule has 0 N–H and O–H groups in total. The van der Waals surface area contributed by atoms with Crippen molar-refractivity contribution in [3.05, 3.63) is 0 Å². The van der Waals surface area contributed by atoms with Crippen LogP contribution in [0.15, 0.2) is 0 Å². The first-order valence-corrected chi connectivity index (χ1v) is 1.55. The van der Waals surface area contributed by atoms with Crippen LogP contribution in [-0.2, 0) is 0 Å². The molecule has 0 aromatic heterocycles. The summed E-state index contributed by atoms with van der Waals surface area (Å²) in [4.78, 5) is 0. The van der Waals surface area contributed by atoms with Crippen LogP contribution in [0, 0.1) is 0 Å². The van der Waals surface area contributed by atoms with Crippen molar-refractivity contribution in [3.63, 3.8) is 0 Å². The summed E-state index contributed by atoms with van der Waals surface area (Å²) in [5, 5.41) is -4.19. The molecule has 1 radical (unpaired) electrons. The summed E-state index contributed by atoms with van der Waals surface area (Å²) in [5.41, 5.74) is 0. The Bertz CT molecular complexity index is 26.3. The molecular formula is CBrF3Na. The fourth-order valence-electron chi connectivity index (χ4n) is 0. The second-order valence-electron chi connectivity index (χ2n) is 0.429. The first-order chi connectivity index (χ1) is 2.00. The molecule has 0 saturated heterocycles. The molecule has 0 amide bonds. The third-order valence-corrected chi connectivity index (χ3v) is 0. The van der Waals surface area contributed by atoms with Crippen molar-refractivity contribution in [2.45, 2.75) is 5.09 Å². The largest absolute Gasteiger partial charge is 0.448 e. The Morgan fingerprint density at radius 2 is 1.17 bits per heavy atom. The topological polar surface area (TPSA) is 0 Å². The minimum atomic E-state index is -4.19. The van der Waals surface area contributed by atoms with Crippen LogP contribution in [0.25, 0.3) is 0 Å². The molecule has 0 aliphatic carbocycles. The van der Waals surface area contributed by atoms with Gasteiger partial charge in [0.25, 0.3) is 0 Å². The Kier molecular flexibility index (Phi) is 5.65. The van der Waals surface area contributed by atoms with Gasteiger partial charge in [-0.05, 0) is 0 Å². The van der Waals surface area contributed by atoms with E-state index in [-0.39, 0.29) is 29.6 Å². The van der Waals surface area contributed by atoms with Gasteiger partial charge in [0.2, 0.25) is 0 Å². The Morgan fingerprint density at radius 3 is 1.17 bits per heavy atom. The van der Waals surface area contributed by atoms with E-state index >= 15 is 0 Å². The van der Waals surface area contributed by atoms with E-state index < -0.39 is 5.09 Å². The maximum Gasteiger partial charge on any atom is 0.448 e. The summed E-state index contributed by atoms with van der Waals surface area (Å²) in [7, 11) is 0. The van der Waals surface area contributed by atoms with E-state index in [1.165, 1.54) is 15.9 Å². The molecule has 0 atom stereocenters. The molecule has 33 valence electrons. The predicted molar refractivity (Wildman–Crippen MR) is 20.7 cm³/mol. The summed E-state index contributed by atoms with van der Waals surface area (Å²) in [6.07, 6.45) is 0. The maximum atomic E-state index is 10.3. The van der Waals surface area contributed by atoms with E-state index in [2.05, 4.69) is 0 Å². The monoisotopic (exact) mass is 171 g/mol. The zero-order valence-electron chi connectivity index (χ0n) is 3.01. The normalized spacial score (nSPS) is 10.0. The van der Waals surface area contributed by atoms with Crippen LogP contribution < -0.4 is 0 Å². The van der Waals surface area contributed by atoms with E-state index in [4.69, 9.17) is 0 Å². The van der Waals surface area contributed by atoms with Gasteiger partial charge in [-0.2, -0.15) is 13.2 Å². The quantitative estimate of drug-likeness (QED) is 0.383. The van der Waals surface area contributed by atoms with Gasteiger partial charge in [-0.25, -0.2) is 0 Å². The summed E-state index contributed by atoms with van der Waals surface area (Å²) in [6.45, 7) is 0. The Balaban J connectivity index is 0. The third-order valence-electron chi connectivity index (χ3n) is 0. The van der Waals surface area contributed by atoms with Crippen LogP contribution >= 0.6 is 15.9 Å². The van der Waals surface area contributed by atoms with Crippen LogP contribution in [0.4, 0.5) is 13.2 Å². The molecule has 5 heteroatoms. The van der Waals surface area contributed by atoms with Gasteiger partial charge in [-0.1, -0.05) is 0 Å². The third kappa shape index (κ3) is 59.6. The number of rotatable bonds is 0. The van der Waals surface area contributed by atoms with Crippen LogP contribution in [0.3, 0.4) is 0 Å². The van der Waals surface area contributed by atoms with Gasteiger partial charge in [-0.3, -0.25) is 0 Å². The minimum Gasteiger partial charge on any atom is -0.160 e. The first-order valence-electron chi connectivity index (χ1n) is 0.756. The minimum absolute atomic E-state index is 0. The molecule has 6 heavy (non-hydrogen) atoms. The van der Waals surface area contributed by atoms with Crippen molar-refractivity contribution < 1.29 is 13.2 Å². The fourth-order valence-corrected chi connectivity index (χ4v) is 0. The van der Waals surface area contributed by atoms with Crippen molar-refractivity contribution in [1.29, 1.82) is 0 Å². The van der Waals surface area contributed by atoms with Crippen LogP contribution in [0.2, 0.25) is 0 Å². The SMILES string of the molecule is FC(F)(F)Br.[Na]. The Labute approximate surface area is 63.5 Å². The van der Waals surface area contributed by atoms with Gasteiger partial charge in [0.1, 0.15) is 0 Å². The van der Waals surface area contributed by atoms with Crippen molar-refractivity contribution in [1.82, 2.24) is 0 Å². The average molecular weight is 172 g/mol. The molecule has 0 nitrogen and oxygen atoms in total. The van der Waals surface area contributed by atoms with E-state index in [9.17, 15) is 13.2 Å². The molecule has 0 saturated carbocycles. The van der Waals surface area contributed by atoms with Gasteiger partial charge >= 0.3 is 5.09 Å².